The standard InChI is InChI=1S/C11H14N2O3/c1-5-7-13(9-12-6-8-15-9)10(14)16-11(2,3)4/h1,6,8H,7H2,2-4H3. The lowest BCUT2D eigenvalue weighted by molar-refractivity contribution is 0.0578. The van der Waals surface area contributed by atoms with Crippen molar-refractivity contribution >= 4 is 12.1 Å². The van der Waals surface area contributed by atoms with E-state index in [1.807, 2.05) is 0 Å². The highest BCUT2D eigenvalue weighted by molar-refractivity contribution is 5.85. The van der Waals surface area contributed by atoms with Crippen molar-refractivity contribution < 1.29 is 13.9 Å². The second kappa shape index (κ2) is 4.71. The van der Waals surface area contributed by atoms with Gasteiger partial charge in [0.1, 0.15) is 11.9 Å². The van der Waals surface area contributed by atoms with Gasteiger partial charge in [0.25, 0.3) is 0 Å². The predicted octanol–water partition coefficient (Wildman–Crippen LogP) is 2.05. The Balaban J connectivity index is 2.80. The third-order valence-electron chi connectivity index (χ3n) is 1.51. The van der Waals surface area contributed by atoms with Crippen LogP contribution in [0.3, 0.4) is 0 Å². The Labute approximate surface area is 94.4 Å². The van der Waals surface area contributed by atoms with Gasteiger partial charge in [0.2, 0.25) is 0 Å². The van der Waals surface area contributed by atoms with Crippen LogP contribution in [-0.2, 0) is 4.74 Å². The van der Waals surface area contributed by atoms with E-state index in [2.05, 4.69) is 10.9 Å². The lowest BCUT2D eigenvalue weighted by Gasteiger charge is -2.23. The maximum absolute atomic E-state index is 11.8. The molecule has 0 spiro atoms. The quantitative estimate of drug-likeness (QED) is 0.718. The molecule has 0 aliphatic carbocycles. The molecule has 1 rings (SSSR count). The first-order valence-electron chi connectivity index (χ1n) is 4.77. The van der Waals surface area contributed by atoms with Crippen LogP contribution in [0.1, 0.15) is 20.8 Å². The van der Waals surface area contributed by atoms with Crippen LogP contribution < -0.4 is 4.90 Å². The molecule has 0 aliphatic rings. The van der Waals surface area contributed by atoms with Gasteiger partial charge in [0.05, 0.1) is 12.7 Å². The minimum absolute atomic E-state index is 0.0510. The number of aromatic nitrogens is 1. The summed E-state index contributed by atoms with van der Waals surface area (Å²) >= 11 is 0. The van der Waals surface area contributed by atoms with Gasteiger partial charge in [-0.15, -0.1) is 6.42 Å². The Hall–Kier alpha value is -1.96. The Bertz CT molecular complexity index is 384. The number of anilines is 1. The van der Waals surface area contributed by atoms with Gasteiger partial charge in [-0.2, -0.15) is 0 Å². The molecule has 0 aliphatic heterocycles. The van der Waals surface area contributed by atoms with Crippen molar-refractivity contribution in [2.45, 2.75) is 26.4 Å². The van der Waals surface area contributed by atoms with Crippen LogP contribution in [0.2, 0.25) is 0 Å². The molecule has 5 nitrogen and oxygen atoms in total. The number of ether oxygens (including phenoxy) is 1. The van der Waals surface area contributed by atoms with Gasteiger partial charge in [0.15, 0.2) is 0 Å². The summed E-state index contributed by atoms with van der Waals surface area (Å²) < 4.78 is 10.2. The fraction of sp³-hybridized carbons (Fsp3) is 0.455. The van der Waals surface area contributed by atoms with Crippen LogP contribution in [0.15, 0.2) is 16.9 Å². The number of nitrogens with zero attached hydrogens (tertiary/aromatic N) is 2. The minimum Gasteiger partial charge on any atom is -0.443 e. The highest BCUT2D eigenvalue weighted by Gasteiger charge is 2.25. The van der Waals surface area contributed by atoms with E-state index in [1.165, 1.54) is 12.5 Å². The van der Waals surface area contributed by atoms with Crippen molar-refractivity contribution in [2.75, 3.05) is 11.4 Å². The molecule has 1 aromatic rings. The molecule has 16 heavy (non-hydrogen) atoms. The number of oxazole rings is 1. The molecule has 1 heterocycles. The lowest BCUT2D eigenvalue weighted by Crippen LogP contribution is -2.37. The number of carbonyl (C=O) groups excluding carboxylic acids is 1. The fourth-order valence-electron chi connectivity index (χ4n) is 0.968. The number of rotatable bonds is 2. The number of carbonyl (C=O) groups is 1. The number of hydrogen-bond acceptors (Lipinski definition) is 4. The second-order valence-corrected chi connectivity index (χ2v) is 4.09. The summed E-state index contributed by atoms with van der Waals surface area (Å²) in [6.07, 6.45) is 7.39. The Morgan fingerprint density at radius 1 is 1.69 bits per heavy atom. The van der Waals surface area contributed by atoms with Crippen molar-refractivity contribution in [3.63, 3.8) is 0 Å². The van der Waals surface area contributed by atoms with E-state index in [0.717, 1.165) is 4.90 Å². The van der Waals surface area contributed by atoms with Crippen molar-refractivity contribution in [2.24, 2.45) is 0 Å². The maximum atomic E-state index is 11.8. The van der Waals surface area contributed by atoms with Crippen molar-refractivity contribution in [1.29, 1.82) is 0 Å². The third-order valence-corrected chi connectivity index (χ3v) is 1.51. The van der Waals surface area contributed by atoms with Crippen LogP contribution >= 0.6 is 0 Å². The van der Waals surface area contributed by atoms with E-state index in [-0.39, 0.29) is 12.6 Å². The zero-order chi connectivity index (χ0) is 12.2. The second-order valence-electron chi connectivity index (χ2n) is 4.09. The largest absolute Gasteiger partial charge is 0.443 e. The first kappa shape index (κ1) is 12.1. The molecule has 0 unspecified atom stereocenters. The van der Waals surface area contributed by atoms with Crippen LogP contribution in [0.25, 0.3) is 0 Å². The monoisotopic (exact) mass is 222 g/mol. The molecule has 0 radical (unpaired) electrons. The minimum atomic E-state index is -0.587. The molecular weight excluding hydrogens is 208 g/mol. The normalized spacial score (nSPS) is 10.6. The lowest BCUT2D eigenvalue weighted by atomic mass is 10.2. The first-order chi connectivity index (χ1) is 7.44. The molecule has 0 N–H and O–H groups in total. The van der Waals surface area contributed by atoms with Gasteiger partial charge in [-0.1, -0.05) is 5.92 Å². The highest BCUT2D eigenvalue weighted by atomic mass is 16.6. The van der Waals surface area contributed by atoms with E-state index in [4.69, 9.17) is 15.6 Å². The molecule has 0 saturated heterocycles. The summed E-state index contributed by atoms with van der Waals surface area (Å²) in [5.41, 5.74) is -0.587. The zero-order valence-corrected chi connectivity index (χ0v) is 9.56. The number of terminal acetylenes is 1. The van der Waals surface area contributed by atoms with Crippen molar-refractivity contribution in [3.8, 4) is 12.3 Å². The fourth-order valence-corrected chi connectivity index (χ4v) is 0.968. The SMILES string of the molecule is C#CCN(C(=O)OC(C)(C)C)c1ncco1. The van der Waals surface area contributed by atoms with Crippen molar-refractivity contribution in [1.82, 2.24) is 4.98 Å². The summed E-state index contributed by atoms with van der Waals surface area (Å²) in [5.74, 6) is 2.35. The van der Waals surface area contributed by atoms with Crippen molar-refractivity contribution in [3.05, 3.63) is 12.5 Å². The molecule has 1 amide bonds. The summed E-state index contributed by atoms with van der Waals surface area (Å²) in [5, 5.41) is 0. The topological polar surface area (TPSA) is 55.6 Å². The molecule has 0 atom stereocenters. The summed E-state index contributed by atoms with van der Waals surface area (Å²) in [7, 11) is 0. The molecule has 86 valence electrons. The summed E-state index contributed by atoms with van der Waals surface area (Å²) in [4.78, 5) is 16.8. The number of amides is 1. The Morgan fingerprint density at radius 3 is 2.81 bits per heavy atom. The van der Waals surface area contributed by atoms with E-state index in [1.54, 1.807) is 20.8 Å². The molecule has 1 aromatic heterocycles. The maximum Gasteiger partial charge on any atom is 0.419 e. The van der Waals surface area contributed by atoms with E-state index in [0.29, 0.717) is 0 Å². The van der Waals surface area contributed by atoms with Crippen LogP contribution in [0.5, 0.6) is 0 Å². The molecule has 0 bridgehead atoms. The van der Waals surface area contributed by atoms with E-state index in [9.17, 15) is 4.79 Å². The average Bonchev–Trinajstić information content (AvgIpc) is 2.63. The molecule has 0 fully saturated rings. The van der Waals surface area contributed by atoms with E-state index >= 15 is 0 Å². The van der Waals surface area contributed by atoms with Crippen LogP contribution in [0, 0.1) is 12.3 Å². The molecular formula is C11H14N2O3. The van der Waals surface area contributed by atoms with Gasteiger partial charge in [-0.25, -0.2) is 14.7 Å². The van der Waals surface area contributed by atoms with Gasteiger partial charge >= 0.3 is 12.1 Å². The predicted molar refractivity (Wildman–Crippen MR) is 58.9 cm³/mol. The van der Waals surface area contributed by atoms with Crippen LogP contribution in [-0.4, -0.2) is 23.2 Å². The Morgan fingerprint density at radius 2 is 2.38 bits per heavy atom. The summed E-state index contributed by atoms with van der Waals surface area (Å²) in [6.45, 7) is 5.37. The van der Waals surface area contributed by atoms with Gasteiger partial charge in [0, 0.05) is 0 Å². The van der Waals surface area contributed by atoms with E-state index < -0.39 is 11.7 Å². The van der Waals surface area contributed by atoms with Gasteiger partial charge in [-0.3, -0.25) is 0 Å². The highest BCUT2D eigenvalue weighted by Crippen LogP contribution is 2.15. The number of hydrogen-bond donors (Lipinski definition) is 0. The Kier molecular flexibility index (Phi) is 3.56. The summed E-state index contributed by atoms with van der Waals surface area (Å²) in [6, 6.07) is 0.132. The average molecular weight is 222 g/mol. The third kappa shape index (κ3) is 3.31. The van der Waals surface area contributed by atoms with Gasteiger partial charge < -0.3 is 9.15 Å². The zero-order valence-electron chi connectivity index (χ0n) is 9.56. The molecule has 5 heteroatoms. The van der Waals surface area contributed by atoms with Crippen LogP contribution in [0.4, 0.5) is 10.8 Å². The smallest absolute Gasteiger partial charge is 0.419 e. The van der Waals surface area contributed by atoms with Gasteiger partial charge in [-0.05, 0) is 20.8 Å². The molecule has 0 saturated carbocycles. The first-order valence-corrected chi connectivity index (χ1v) is 4.77. The molecule has 0 aromatic carbocycles.